The van der Waals surface area contributed by atoms with Gasteiger partial charge in [0.25, 0.3) is 0 Å². The van der Waals surface area contributed by atoms with Crippen LogP contribution in [0.25, 0.3) is 10.9 Å². The van der Waals surface area contributed by atoms with Crippen molar-refractivity contribution in [3.8, 4) is 0 Å². The van der Waals surface area contributed by atoms with Crippen LogP contribution in [0.2, 0.25) is 0 Å². The van der Waals surface area contributed by atoms with Crippen LogP contribution >= 0.6 is 0 Å². The molecule has 0 aliphatic carbocycles. The number of hydrogen-bond donors (Lipinski definition) is 2. The molecule has 3 aromatic rings. The lowest BCUT2D eigenvalue weighted by Crippen LogP contribution is -2.07. The van der Waals surface area contributed by atoms with E-state index in [4.69, 9.17) is 0 Å². The van der Waals surface area contributed by atoms with E-state index in [1.54, 1.807) is 6.92 Å². The van der Waals surface area contributed by atoms with E-state index in [1.165, 1.54) is 6.07 Å². The third-order valence-corrected chi connectivity index (χ3v) is 3.55. The minimum Gasteiger partial charge on any atom is -0.384 e. The number of anilines is 1. The smallest absolute Gasteiger partial charge is 0.384 e. The van der Waals surface area contributed by atoms with E-state index in [0.717, 1.165) is 24.2 Å². The zero-order chi connectivity index (χ0) is 17.2. The Balaban J connectivity index is 1.77. The summed E-state index contributed by atoms with van der Waals surface area (Å²) in [5, 5.41) is 17.5. The molecule has 126 valence electrons. The molecule has 2 aromatic heterocycles. The van der Waals surface area contributed by atoms with Crippen molar-refractivity contribution >= 4 is 16.6 Å². The van der Waals surface area contributed by atoms with Crippen molar-refractivity contribution in [2.45, 2.75) is 25.9 Å². The van der Waals surface area contributed by atoms with Crippen molar-refractivity contribution < 1.29 is 13.2 Å². The number of tetrazole rings is 1. The fraction of sp³-hybridized carbons (Fsp3) is 0.333. The molecule has 1 aromatic carbocycles. The summed E-state index contributed by atoms with van der Waals surface area (Å²) in [6.45, 7) is 2.39. The normalized spacial score (nSPS) is 11.8. The van der Waals surface area contributed by atoms with Crippen LogP contribution in [0.5, 0.6) is 0 Å². The average molecular weight is 336 g/mol. The number of H-pyrrole nitrogens is 1. The average Bonchev–Trinajstić information content (AvgIpc) is 3.03. The van der Waals surface area contributed by atoms with Gasteiger partial charge in [0, 0.05) is 29.7 Å². The number of alkyl halides is 3. The molecule has 0 aliphatic rings. The molecule has 0 saturated heterocycles. The van der Waals surface area contributed by atoms with Gasteiger partial charge in [-0.15, -0.1) is 10.2 Å². The summed E-state index contributed by atoms with van der Waals surface area (Å²) in [4.78, 5) is 4.21. The van der Waals surface area contributed by atoms with Gasteiger partial charge < -0.3 is 5.32 Å². The number of aromatic amines is 1. The van der Waals surface area contributed by atoms with E-state index >= 15 is 0 Å². The van der Waals surface area contributed by atoms with Crippen molar-refractivity contribution in [3.05, 3.63) is 41.3 Å². The highest BCUT2D eigenvalue weighted by Gasteiger charge is 2.30. The number of benzene rings is 1. The molecule has 6 nitrogen and oxygen atoms in total. The van der Waals surface area contributed by atoms with E-state index < -0.39 is 11.7 Å². The Kier molecular flexibility index (Phi) is 4.32. The number of nitrogens with one attached hydrogen (secondary N) is 2. The Morgan fingerprint density at radius 2 is 2.04 bits per heavy atom. The van der Waals surface area contributed by atoms with E-state index in [-0.39, 0.29) is 0 Å². The molecular weight excluding hydrogens is 321 g/mol. The second-order valence-electron chi connectivity index (χ2n) is 5.40. The zero-order valence-corrected chi connectivity index (χ0v) is 12.9. The number of pyridine rings is 1. The Hall–Kier alpha value is -2.71. The molecular formula is C15H15F3N6. The summed E-state index contributed by atoms with van der Waals surface area (Å²) in [7, 11) is 0. The molecule has 0 radical (unpaired) electrons. The maximum absolute atomic E-state index is 12.8. The van der Waals surface area contributed by atoms with Crippen molar-refractivity contribution in [1.82, 2.24) is 25.6 Å². The predicted molar refractivity (Wildman–Crippen MR) is 82.5 cm³/mol. The lowest BCUT2D eigenvalue weighted by atomic mass is 10.1. The third-order valence-electron chi connectivity index (χ3n) is 3.55. The number of aromatic nitrogens is 5. The van der Waals surface area contributed by atoms with Crippen molar-refractivity contribution in [2.24, 2.45) is 0 Å². The standard InChI is InChI=1S/C15H15F3N6/c1-9-7-12(19-6-2-3-14-21-23-24-22-14)11-5-4-10(15(16,17)18)8-13(11)20-9/h4-5,7-8H,2-3,6H2,1H3,(H,19,20)(H,21,22,23,24). The van der Waals surface area contributed by atoms with Gasteiger partial charge in [-0.25, -0.2) is 0 Å². The fourth-order valence-electron chi connectivity index (χ4n) is 2.44. The number of halogens is 3. The molecule has 0 saturated carbocycles. The Bertz CT molecular complexity index is 829. The Labute approximate surface area is 135 Å². The number of aryl methyl sites for hydroxylation is 2. The van der Waals surface area contributed by atoms with Gasteiger partial charge >= 0.3 is 6.18 Å². The minimum absolute atomic E-state index is 0.325. The lowest BCUT2D eigenvalue weighted by molar-refractivity contribution is -0.137. The molecule has 2 N–H and O–H groups in total. The minimum atomic E-state index is -4.38. The van der Waals surface area contributed by atoms with Gasteiger partial charge in [0.2, 0.25) is 0 Å². The molecule has 0 aliphatic heterocycles. The van der Waals surface area contributed by atoms with E-state index in [0.29, 0.717) is 35.4 Å². The van der Waals surface area contributed by atoms with Crippen LogP contribution in [-0.4, -0.2) is 32.2 Å². The molecule has 0 bridgehead atoms. The fourth-order valence-corrected chi connectivity index (χ4v) is 2.44. The van der Waals surface area contributed by atoms with Gasteiger partial charge in [0.1, 0.15) is 0 Å². The quantitative estimate of drug-likeness (QED) is 0.700. The zero-order valence-electron chi connectivity index (χ0n) is 12.9. The first kappa shape index (κ1) is 16.2. The highest BCUT2D eigenvalue weighted by molar-refractivity contribution is 5.92. The molecule has 0 atom stereocenters. The van der Waals surface area contributed by atoms with Gasteiger partial charge in [-0.1, -0.05) is 11.3 Å². The van der Waals surface area contributed by atoms with Crippen LogP contribution in [0.1, 0.15) is 23.5 Å². The number of hydrogen-bond acceptors (Lipinski definition) is 5. The van der Waals surface area contributed by atoms with Crippen LogP contribution < -0.4 is 5.32 Å². The number of fused-ring (bicyclic) bond motifs is 1. The first-order valence-electron chi connectivity index (χ1n) is 7.38. The summed E-state index contributed by atoms with van der Waals surface area (Å²) in [5.74, 6) is 0.627. The van der Waals surface area contributed by atoms with Gasteiger partial charge in [0.15, 0.2) is 5.82 Å². The maximum atomic E-state index is 12.8. The summed E-state index contributed by atoms with van der Waals surface area (Å²) in [6, 6.07) is 5.42. The molecule has 2 heterocycles. The van der Waals surface area contributed by atoms with Crippen molar-refractivity contribution in [3.63, 3.8) is 0 Å². The van der Waals surface area contributed by atoms with E-state index in [2.05, 4.69) is 30.9 Å². The second-order valence-corrected chi connectivity index (χ2v) is 5.40. The molecule has 0 fully saturated rings. The molecule has 9 heteroatoms. The molecule has 0 amide bonds. The SMILES string of the molecule is Cc1cc(NCCCc2nn[nH]n2)c2ccc(C(F)(F)F)cc2n1. The van der Waals surface area contributed by atoms with Crippen LogP contribution in [0.15, 0.2) is 24.3 Å². The second kappa shape index (κ2) is 6.42. The summed E-state index contributed by atoms with van der Waals surface area (Å²) in [5.41, 5.74) is 1.04. The van der Waals surface area contributed by atoms with E-state index in [9.17, 15) is 13.2 Å². The van der Waals surface area contributed by atoms with Crippen LogP contribution in [0, 0.1) is 6.92 Å². The predicted octanol–water partition coefficient (Wildman–Crippen LogP) is 3.12. The summed E-state index contributed by atoms with van der Waals surface area (Å²) < 4.78 is 38.5. The van der Waals surface area contributed by atoms with Gasteiger partial charge in [-0.05, 0) is 31.5 Å². The molecule has 24 heavy (non-hydrogen) atoms. The van der Waals surface area contributed by atoms with E-state index in [1.807, 2.05) is 6.07 Å². The van der Waals surface area contributed by atoms with Crippen LogP contribution in [0.3, 0.4) is 0 Å². The third kappa shape index (κ3) is 3.61. The topological polar surface area (TPSA) is 79.4 Å². The van der Waals surface area contributed by atoms with Gasteiger partial charge in [-0.2, -0.15) is 18.4 Å². The molecule has 0 unspecified atom stereocenters. The van der Waals surface area contributed by atoms with Crippen LogP contribution in [-0.2, 0) is 12.6 Å². The first-order chi connectivity index (χ1) is 11.4. The van der Waals surface area contributed by atoms with Crippen molar-refractivity contribution in [2.75, 3.05) is 11.9 Å². The van der Waals surface area contributed by atoms with Gasteiger partial charge in [-0.3, -0.25) is 4.98 Å². The summed E-state index contributed by atoms with van der Waals surface area (Å²) >= 11 is 0. The monoisotopic (exact) mass is 336 g/mol. The van der Waals surface area contributed by atoms with Gasteiger partial charge in [0.05, 0.1) is 11.1 Å². The van der Waals surface area contributed by atoms with Crippen LogP contribution in [0.4, 0.5) is 18.9 Å². The number of rotatable bonds is 5. The lowest BCUT2D eigenvalue weighted by Gasteiger charge is -2.12. The highest BCUT2D eigenvalue weighted by atomic mass is 19.4. The summed E-state index contributed by atoms with van der Waals surface area (Å²) in [6.07, 6.45) is -2.95. The van der Waals surface area contributed by atoms with Crippen molar-refractivity contribution in [1.29, 1.82) is 0 Å². The highest BCUT2D eigenvalue weighted by Crippen LogP contribution is 2.33. The first-order valence-corrected chi connectivity index (χ1v) is 7.38. The Morgan fingerprint density at radius 1 is 1.21 bits per heavy atom. The molecule has 0 spiro atoms. The number of nitrogens with zero attached hydrogens (tertiary/aromatic N) is 4. The largest absolute Gasteiger partial charge is 0.416 e. The maximum Gasteiger partial charge on any atom is 0.416 e. The Morgan fingerprint density at radius 3 is 2.75 bits per heavy atom. The molecule has 3 rings (SSSR count).